The molecule has 4 aromatic rings. The molecule has 4 heterocycles. The van der Waals surface area contributed by atoms with Gasteiger partial charge in [0.1, 0.15) is 23.3 Å². The van der Waals surface area contributed by atoms with Crippen LogP contribution < -0.4 is 5.32 Å². The Kier molecular flexibility index (Phi) is 5.52. The number of aromatic nitrogens is 3. The number of rotatable bonds is 6. The van der Waals surface area contributed by atoms with Gasteiger partial charge in [-0.15, -0.1) is 0 Å². The largest absolute Gasteiger partial charge is 0.467 e. The highest BCUT2D eigenvalue weighted by Crippen LogP contribution is 2.27. The van der Waals surface area contributed by atoms with Crippen LogP contribution in [0.1, 0.15) is 38.6 Å². The molecule has 0 aliphatic carbocycles. The van der Waals surface area contributed by atoms with Crippen LogP contribution in [-0.2, 0) is 16.1 Å². The predicted molar refractivity (Wildman–Crippen MR) is 115 cm³/mol. The van der Waals surface area contributed by atoms with Gasteiger partial charge < -0.3 is 23.4 Å². The Labute approximate surface area is 183 Å². The molecule has 0 fully saturated rings. The molecule has 0 bridgehead atoms. The molecule has 1 N–H and O–H groups in total. The monoisotopic (exact) mass is 431 g/mol. The van der Waals surface area contributed by atoms with E-state index in [4.69, 9.17) is 9.15 Å². The molecular weight excluding hydrogens is 410 g/mol. The second-order valence-corrected chi connectivity index (χ2v) is 7.43. The van der Waals surface area contributed by atoms with Crippen molar-refractivity contribution in [3.05, 3.63) is 76.8 Å². The first-order chi connectivity index (χ1) is 15.4. The highest BCUT2D eigenvalue weighted by molar-refractivity contribution is 5.95. The molecule has 0 aromatic carbocycles. The van der Waals surface area contributed by atoms with Gasteiger partial charge in [0.15, 0.2) is 12.3 Å². The molecule has 1 amide bonds. The number of esters is 1. The quantitative estimate of drug-likeness (QED) is 0.468. The fraction of sp³-hybridized carbons (Fsp3) is 0.217. The van der Waals surface area contributed by atoms with E-state index in [9.17, 15) is 14.9 Å². The number of carbonyl (C=O) groups excluding carboxylic acids is 2. The zero-order valence-corrected chi connectivity index (χ0v) is 17.9. The summed E-state index contributed by atoms with van der Waals surface area (Å²) in [7, 11) is 0. The van der Waals surface area contributed by atoms with Crippen LogP contribution in [0.4, 0.5) is 5.82 Å². The average molecular weight is 431 g/mol. The van der Waals surface area contributed by atoms with Gasteiger partial charge in [0.25, 0.3) is 5.91 Å². The van der Waals surface area contributed by atoms with Crippen LogP contribution in [0.5, 0.6) is 0 Å². The summed E-state index contributed by atoms with van der Waals surface area (Å²) >= 11 is 0. The number of pyridine rings is 1. The second-order valence-electron chi connectivity index (χ2n) is 7.43. The molecule has 0 unspecified atom stereocenters. The van der Waals surface area contributed by atoms with Crippen LogP contribution in [0, 0.1) is 32.1 Å². The Morgan fingerprint density at radius 1 is 1.28 bits per heavy atom. The molecule has 0 radical (unpaired) electrons. The van der Waals surface area contributed by atoms with E-state index in [0.717, 1.165) is 16.8 Å². The predicted octanol–water partition coefficient (Wildman–Crippen LogP) is 3.37. The van der Waals surface area contributed by atoms with E-state index < -0.39 is 18.5 Å². The Bertz CT molecular complexity index is 1360. The Balaban J connectivity index is 1.48. The van der Waals surface area contributed by atoms with Crippen LogP contribution >= 0.6 is 0 Å². The third-order valence-electron chi connectivity index (χ3n) is 5.25. The zero-order valence-electron chi connectivity index (χ0n) is 17.9. The Morgan fingerprint density at radius 2 is 2.09 bits per heavy atom. The maximum atomic E-state index is 12.5. The normalized spacial score (nSPS) is 10.8. The smallest absolute Gasteiger partial charge is 0.359 e. The van der Waals surface area contributed by atoms with Gasteiger partial charge in [-0.2, -0.15) is 5.26 Å². The number of nitrogens with zero attached hydrogens (tertiary/aromatic N) is 4. The third-order valence-corrected chi connectivity index (χ3v) is 5.25. The maximum Gasteiger partial charge on any atom is 0.359 e. The van der Waals surface area contributed by atoms with Crippen molar-refractivity contribution in [1.82, 2.24) is 14.0 Å². The fourth-order valence-electron chi connectivity index (χ4n) is 3.44. The summed E-state index contributed by atoms with van der Waals surface area (Å²) in [6, 6.07) is 9.44. The SMILES string of the molecule is Cc1ccn2cc(C(=O)OCC(=O)Nc3c(C#N)c(C)c(C)n3Cc3ccco3)nc2c1. The first kappa shape index (κ1) is 20.9. The van der Waals surface area contributed by atoms with E-state index in [2.05, 4.69) is 16.4 Å². The van der Waals surface area contributed by atoms with Crippen molar-refractivity contribution >= 4 is 23.3 Å². The number of furan rings is 1. The van der Waals surface area contributed by atoms with Crippen LogP contribution in [0.25, 0.3) is 5.65 Å². The lowest BCUT2D eigenvalue weighted by Gasteiger charge is -2.12. The van der Waals surface area contributed by atoms with Crippen molar-refractivity contribution in [3.8, 4) is 6.07 Å². The molecule has 0 aliphatic heterocycles. The van der Waals surface area contributed by atoms with Gasteiger partial charge in [-0.05, 0) is 56.2 Å². The van der Waals surface area contributed by atoms with E-state index in [0.29, 0.717) is 29.3 Å². The summed E-state index contributed by atoms with van der Waals surface area (Å²) in [6.45, 7) is 5.43. The summed E-state index contributed by atoms with van der Waals surface area (Å²) in [6.07, 6.45) is 4.90. The maximum absolute atomic E-state index is 12.5. The first-order valence-corrected chi connectivity index (χ1v) is 9.92. The number of nitrogens with one attached hydrogen (secondary N) is 1. The minimum atomic E-state index is -0.708. The van der Waals surface area contributed by atoms with Crippen molar-refractivity contribution in [3.63, 3.8) is 0 Å². The molecule has 0 spiro atoms. The summed E-state index contributed by atoms with van der Waals surface area (Å²) in [5, 5.41) is 12.3. The number of imidazole rings is 1. The van der Waals surface area contributed by atoms with Crippen LogP contribution in [0.3, 0.4) is 0 Å². The number of anilines is 1. The molecule has 0 atom stereocenters. The Morgan fingerprint density at radius 3 is 2.81 bits per heavy atom. The minimum absolute atomic E-state index is 0.106. The van der Waals surface area contributed by atoms with E-state index in [1.807, 2.05) is 39.0 Å². The number of hydrogen-bond acceptors (Lipinski definition) is 6. The lowest BCUT2D eigenvalue weighted by molar-refractivity contribution is -0.119. The van der Waals surface area contributed by atoms with E-state index in [1.165, 1.54) is 0 Å². The lowest BCUT2D eigenvalue weighted by Crippen LogP contribution is -2.23. The fourth-order valence-corrected chi connectivity index (χ4v) is 3.44. The number of ether oxygens (including phenoxy) is 1. The van der Waals surface area contributed by atoms with Gasteiger partial charge in [0.2, 0.25) is 0 Å². The topological polar surface area (TPSA) is 115 Å². The zero-order chi connectivity index (χ0) is 22.8. The van der Waals surface area contributed by atoms with Gasteiger partial charge in [-0.1, -0.05) is 0 Å². The second kappa shape index (κ2) is 8.43. The highest BCUT2D eigenvalue weighted by atomic mass is 16.5. The molecule has 9 nitrogen and oxygen atoms in total. The molecule has 162 valence electrons. The molecule has 4 rings (SSSR count). The molecular formula is C23H21N5O4. The summed E-state index contributed by atoms with van der Waals surface area (Å²) in [5.41, 5.74) is 3.66. The Hall–Kier alpha value is -4.32. The molecule has 0 saturated heterocycles. The van der Waals surface area contributed by atoms with Crippen LogP contribution in [0.2, 0.25) is 0 Å². The van der Waals surface area contributed by atoms with Gasteiger partial charge >= 0.3 is 5.97 Å². The van der Waals surface area contributed by atoms with Gasteiger partial charge in [0, 0.05) is 18.1 Å². The van der Waals surface area contributed by atoms with Crippen LogP contribution in [-0.4, -0.2) is 32.4 Å². The number of hydrogen-bond donors (Lipinski definition) is 1. The number of aryl methyl sites for hydroxylation is 1. The van der Waals surface area contributed by atoms with Crippen molar-refractivity contribution in [1.29, 1.82) is 5.26 Å². The van der Waals surface area contributed by atoms with Crippen molar-refractivity contribution in [2.75, 3.05) is 11.9 Å². The van der Waals surface area contributed by atoms with Gasteiger partial charge in [0.05, 0.1) is 18.4 Å². The van der Waals surface area contributed by atoms with E-state index in [1.54, 1.807) is 33.7 Å². The minimum Gasteiger partial charge on any atom is -0.467 e. The molecule has 0 aliphatic rings. The third kappa shape index (κ3) is 3.98. The van der Waals surface area contributed by atoms with Gasteiger partial charge in [-0.3, -0.25) is 4.79 Å². The molecule has 0 saturated carbocycles. The van der Waals surface area contributed by atoms with Crippen molar-refractivity contribution in [2.24, 2.45) is 0 Å². The van der Waals surface area contributed by atoms with Crippen LogP contribution in [0.15, 0.2) is 47.3 Å². The summed E-state index contributed by atoms with van der Waals surface area (Å²) in [5.74, 6) is -0.257. The number of fused-ring (bicyclic) bond motifs is 1. The average Bonchev–Trinajstić information content (AvgIpc) is 3.48. The standard InChI is InChI=1S/C23H21N5O4/c1-14-6-7-27-12-19(25-20(27)9-14)23(30)32-13-21(29)26-22-18(10-24)15(2)16(3)28(22)11-17-5-4-8-31-17/h4-9,12H,11,13H2,1-3H3,(H,26,29). The lowest BCUT2D eigenvalue weighted by atomic mass is 10.2. The molecule has 9 heteroatoms. The summed E-state index contributed by atoms with van der Waals surface area (Å²) in [4.78, 5) is 29.1. The molecule has 32 heavy (non-hydrogen) atoms. The number of nitriles is 1. The number of amides is 1. The van der Waals surface area contributed by atoms with E-state index >= 15 is 0 Å². The van der Waals surface area contributed by atoms with E-state index in [-0.39, 0.29) is 5.69 Å². The van der Waals surface area contributed by atoms with Crippen molar-refractivity contribution < 1.29 is 18.7 Å². The molecule has 4 aromatic heterocycles. The summed E-state index contributed by atoms with van der Waals surface area (Å²) < 4.78 is 14.0. The van der Waals surface area contributed by atoms with Crippen molar-refractivity contribution in [2.45, 2.75) is 27.3 Å². The van der Waals surface area contributed by atoms with Gasteiger partial charge in [-0.25, -0.2) is 9.78 Å². The number of carbonyl (C=O) groups is 2. The first-order valence-electron chi connectivity index (χ1n) is 9.92. The highest BCUT2D eigenvalue weighted by Gasteiger charge is 2.21.